The third-order valence-electron chi connectivity index (χ3n) is 4.31. The highest BCUT2D eigenvalue weighted by atomic mass is 35.8. The van der Waals surface area contributed by atoms with Crippen LogP contribution in [-0.2, 0) is 0 Å². The molecule has 0 aromatic carbocycles. The highest BCUT2D eigenvalue weighted by molar-refractivity contribution is 7.64. The van der Waals surface area contributed by atoms with Gasteiger partial charge in [-0.05, 0) is 6.04 Å². The van der Waals surface area contributed by atoms with E-state index in [1.54, 1.807) is 0 Å². The normalized spacial score (nSPS) is 11.5. The molecule has 0 aliphatic rings. The molecule has 4 heteroatoms. The summed E-state index contributed by atoms with van der Waals surface area (Å²) in [4.78, 5) is 0. The van der Waals surface area contributed by atoms with Crippen molar-refractivity contribution < 1.29 is 0 Å². The summed E-state index contributed by atoms with van der Waals surface area (Å²) >= 11 is 17.6. The third kappa shape index (κ3) is 25.4. The molecule has 0 saturated carbocycles. The van der Waals surface area contributed by atoms with Crippen LogP contribution in [0, 0.1) is 0 Å². The maximum Gasteiger partial charge on any atom is 0.341 e. The molecule has 0 aromatic heterocycles. The van der Waals surface area contributed by atoms with Crippen LogP contribution in [0.25, 0.3) is 0 Å². The van der Waals surface area contributed by atoms with Gasteiger partial charge < -0.3 is 0 Å². The lowest BCUT2D eigenvalue weighted by atomic mass is 10.0. The summed E-state index contributed by atoms with van der Waals surface area (Å²) < 4.78 is 0. The molecule has 0 amide bonds. The van der Waals surface area contributed by atoms with E-state index in [1.165, 1.54) is 96.3 Å². The average Bonchev–Trinajstić information content (AvgIpc) is 2.45. The van der Waals surface area contributed by atoms with Crippen LogP contribution in [0.3, 0.4) is 0 Å². The van der Waals surface area contributed by atoms with E-state index in [4.69, 9.17) is 33.2 Å². The Morgan fingerprint density at radius 2 is 0.739 bits per heavy atom. The number of hydrogen-bond acceptors (Lipinski definition) is 0. The summed E-state index contributed by atoms with van der Waals surface area (Å²) in [5.74, 6) is 0. The second-order valence-electron chi connectivity index (χ2n) is 6.67. The van der Waals surface area contributed by atoms with Gasteiger partial charge in [-0.2, -0.15) is 0 Å². The lowest BCUT2D eigenvalue weighted by Gasteiger charge is -2.07. The van der Waals surface area contributed by atoms with Gasteiger partial charge in [-0.15, -0.1) is 33.2 Å². The maximum absolute atomic E-state index is 5.87. The Bertz CT molecular complexity index is 217. The summed E-state index contributed by atoms with van der Waals surface area (Å²) in [6.07, 6.45) is 22.2. The molecule has 0 bridgehead atoms. The lowest BCUT2D eigenvalue weighted by molar-refractivity contribution is 0.531. The molecular weight excluding hydrogens is 363 g/mol. The van der Waals surface area contributed by atoms with E-state index in [1.807, 2.05) is 0 Å². The first-order valence-corrected chi connectivity index (χ1v) is 14.9. The van der Waals surface area contributed by atoms with E-state index in [0.29, 0.717) is 0 Å². The van der Waals surface area contributed by atoms with Gasteiger partial charge in [0.2, 0.25) is 0 Å². The molecular formula is C19H41Cl3Si. The molecule has 0 N–H and O–H groups in total. The van der Waals surface area contributed by atoms with Crippen LogP contribution >= 0.6 is 33.2 Å². The zero-order valence-corrected chi connectivity index (χ0v) is 17.9. The van der Waals surface area contributed by atoms with Crippen LogP contribution in [0.4, 0.5) is 0 Å². The molecule has 0 unspecified atom stereocenters. The molecule has 0 spiro atoms. The van der Waals surface area contributed by atoms with Crippen LogP contribution < -0.4 is 0 Å². The van der Waals surface area contributed by atoms with Crippen molar-refractivity contribution in [3.8, 4) is 0 Å². The van der Waals surface area contributed by atoms with Crippen LogP contribution in [-0.4, -0.2) is 6.00 Å². The zero-order valence-electron chi connectivity index (χ0n) is 14.7. The van der Waals surface area contributed by atoms with Crippen LogP contribution in [0.5, 0.6) is 0 Å². The van der Waals surface area contributed by atoms with Crippen LogP contribution in [0.1, 0.15) is 117 Å². The number of rotatable bonds is 17. The molecule has 0 aromatic rings. The van der Waals surface area contributed by atoms with Crippen molar-refractivity contribution in [3.63, 3.8) is 0 Å². The Morgan fingerprint density at radius 1 is 0.478 bits per heavy atom. The standard InChI is InChI=1S/C18H37Cl3Si.CH4/c1-2-3-4-5-6-7-8-9-10-11-12-13-14-15-16-17-18-22(19,20)21;/h2-18H2,1H3;1H4. The molecule has 0 atom stereocenters. The van der Waals surface area contributed by atoms with E-state index in [-0.39, 0.29) is 7.43 Å². The van der Waals surface area contributed by atoms with Crippen molar-refractivity contribution in [1.29, 1.82) is 0 Å². The lowest BCUT2D eigenvalue weighted by Crippen LogP contribution is -2.07. The minimum absolute atomic E-state index is 0. The monoisotopic (exact) mass is 402 g/mol. The van der Waals surface area contributed by atoms with Gasteiger partial charge in [0.25, 0.3) is 0 Å². The van der Waals surface area contributed by atoms with Gasteiger partial charge in [-0.1, -0.05) is 117 Å². The number of halogens is 3. The zero-order chi connectivity index (χ0) is 16.5. The van der Waals surface area contributed by atoms with Crippen molar-refractivity contribution in [2.75, 3.05) is 0 Å². The second kappa shape index (κ2) is 19.4. The first kappa shape index (κ1) is 26.3. The van der Waals surface area contributed by atoms with Gasteiger partial charge in [0, 0.05) is 0 Å². The van der Waals surface area contributed by atoms with Crippen LogP contribution in [0.2, 0.25) is 6.04 Å². The first-order chi connectivity index (χ1) is 10.6. The molecule has 0 rings (SSSR count). The number of hydrogen-bond donors (Lipinski definition) is 0. The molecule has 0 nitrogen and oxygen atoms in total. The van der Waals surface area contributed by atoms with Gasteiger partial charge in [-0.25, -0.2) is 0 Å². The predicted molar refractivity (Wildman–Crippen MR) is 114 cm³/mol. The predicted octanol–water partition coefficient (Wildman–Crippen LogP) is 9.54. The average molecular weight is 404 g/mol. The van der Waals surface area contributed by atoms with Crippen molar-refractivity contribution in [2.45, 2.75) is 123 Å². The SMILES string of the molecule is C.CCCCCCCCCCCCCCCCCC[Si](Cl)(Cl)Cl. The van der Waals surface area contributed by atoms with E-state index >= 15 is 0 Å². The largest absolute Gasteiger partial charge is 0.341 e. The fourth-order valence-electron chi connectivity index (χ4n) is 2.87. The smallest absolute Gasteiger partial charge is 0.126 e. The first-order valence-electron chi connectivity index (χ1n) is 9.63. The van der Waals surface area contributed by atoms with Crippen molar-refractivity contribution >= 4 is 39.2 Å². The Morgan fingerprint density at radius 3 is 1.00 bits per heavy atom. The molecule has 0 aliphatic heterocycles. The molecule has 0 saturated heterocycles. The summed E-state index contributed by atoms with van der Waals surface area (Å²) in [5, 5.41) is 0. The van der Waals surface area contributed by atoms with Crippen molar-refractivity contribution in [3.05, 3.63) is 0 Å². The molecule has 0 fully saturated rings. The Balaban J connectivity index is 0. The summed E-state index contributed by atoms with van der Waals surface area (Å²) in [6, 6.07) is -1.52. The van der Waals surface area contributed by atoms with Crippen molar-refractivity contribution in [1.82, 2.24) is 0 Å². The third-order valence-corrected chi connectivity index (χ3v) is 6.94. The van der Waals surface area contributed by atoms with Gasteiger partial charge >= 0.3 is 6.00 Å². The number of unbranched alkanes of at least 4 members (excludes halogenated alkanes) is 15. The van der Waals surface area contributed by atoms with Gasteiger partial charge in [0.1, 0.15) is 0 Å². The van der Waals surface area contributed by atoms with E-state index in [2.05, 4.69) is 6.92 Å². The summed E-state index contributed by atoms with van der Waals surface area (Å²) in [5.41, 5.74) is 0. The highest BCUT2D eigenvalue weighted by Crippen LogP contribution is 2.27. The summed E-state index contributed by atoms with van der Waals surface area (Å²) in [6.45, 7) is 2.28. The van der Waals surface area contributed by atoms with E-state index in [9.17, 15) is 0 Å². The fourth-order valence-corrected chi connectivity index (χ4v) is 4.73. The van der Waals surface area contributed by atoms with Gasteiger partial charge in [-0.3, -0.25) is 0 Å². The molecule has 0 aliphatic carbocycles. The Hall–Kier alpha value is 1.09. The second-order valence-corrected chi connectivity index (χ2v) is 15.9. The molecule has 142 valence electrons. The highest BCUT2D eigenvalue weighted by Gasteiger charge is 2.23. The van der Waals surface area contributed by atoms with Gasteiger partial charge in [0.05, 0.1) is 0 Å². The van der Waals surface area contributed by atoms with Crippen molar-refractivity contribution in [2.24, 2.45) is 0 Å². The molecule has 23 heavy (non-hydrogen) atoms. The Labute approximate surface area is 162 Å². The molecule has 0 heterocycles. The topological polar surface area (TPSA) is 0 Å². The minimum Gasteiger partial charge on any atom is -0.126 e. The maximum atomic E-state index is 5.87. The van der Waals surface area contributed by atoms with E-state index in [0.717, 1.165) is 12.5 Å². The van der Waals surface area contributed by atoms with E-state index < -0.39 is 6.00 Å². The Kier molecular flexibility index (Phi) is 22.2. The van der Waals surface area contributed by atoms with Gasteiger partial charge in [0.15, 0.2) is 0 Å². The molecule has 0 radical (unpaired) electrons. The minimum atomic E-state index is -2.35. The quantitative estimate of drug-likeness (QED) is 0.129. The fraction of sp³-hybridized carbons (Fsp3) is 1.00. The summed E-state index contributed by atoms with van der Waals surface area (Å²) in [7, 11) is 0. The van der Waals surface area contributed by atoms with Crippen LogP contribution in [0.15, 0.2) is 0 Å².